The minimum atomic E-state index is -4.00. The molecule has 32 heavy (non-hydrogen) atoms. The van der Waals surface area contributed by atoms with E-state index >= 15 is 0 Å². The van der Waals surface area contributed by atoms with Crippen LogP contribution in [0.5, 0.6) is 0 Å². The smallest absolute Gasteiger partial charge is 0.242 e. The van der Waals surface area contributed by atoms with Gasteiger partial charge in [0.2, 0.25) is 21.8 Å². The first-order chi connectivity index (χ1) is 15.0. The monoisotopic (exact) mass is 461 g/mol. The summed E-state index contributed by atoms with van der Waals surface area (Å²) in [5, 5.41) is 2.60. The zero-order valence-corrected chi connectivity index (χ0v) is 19.4. The van der Waals surface area contributed by atoms with Crippen LogP contribution in [-0.2, 0) is 26.0 Å². The second kappa shape index (κ2) is 9.38. The van der Waals surface area contributed by atoms with Crippen molar-refractivity contribution in [2.75, 3.05) is 16.8 Å². The number of anilines is 2. The summed E-state index contributed by atoms with van der Waals surface area (Å²) in [7, 11) is -4.00. The number of hydrogen-bond donors (Lipinski definition) is 2. The summed E-state index contributed by atoms with van der Waals surface area (Å²) in [5.74, 6) is -1.08. The van der Waals surface area contributed by atoms with E-state index in [1.807, 2.05) is 13.8 Å². The molecule has 172 valence electrons. The Kier molecular flexibility index (Phi) is 7.00. The van der Waals surface area contributed by atoms with Gasteiger partial charge in [0, 0.05) is 24.8 Å². The largest absolute Gasteiger partial charge is 0.325 e. The van der Waals surface area contributed by atoms with Crippen LogP contribution in [0, 0.1) is 18.7 Å². The lowest BCUT2D eigenvalue weighted by Gasteiger charge is -2.21. The maximum Gasteiger partial charge on any atom is 0.242 e. The molecule has 0 aliphatic carbocycles. The predicted molar refractivity (Wildman–Crippen MR) is 122 cm³/mol. The Morgan fingerprint density at radius 1 is 1.16 bits per heavy atom. The predicted octanol–water partition coefficient (Wildman–Crippen LogP) is 3.37. The topological polar surface area (TPSA) is 95.6 Å². The molecule has 1 heterocycles. The molecular weight excluding hydrogens is 433 g/mol. The first-order valence-corrected chi connectivity index (χ1v) is 12.0. The van der Waals surface area contributed by atoms with Crippen LogP contribution in [0.3, 0.4) is 0 Å². The number of halogens is 1. The molecule has 2 aromatic rings. The van der Waals surface area contributed by atoms with E-state index in [-0.39, 0.29) is 28.8 Å². The lowest BCUT2D eigenvalue weighted by Crippen LogP contribution is -2.44. The van der Waals surface area contributed by atoms with Crippen molar-refractivity contribution in [1.29, 1.82) is 0 Å². The molecule has 1 aliphatic rings. The minimum Gasteiger partial charge on any atom is -0.325 e. The van der Waals surface area contributed by atoms with Crippen LogP contribution in [0.1, 0.15) is 38.3 Å². The maximum absolute atomic E-state index is 13.8. The standard InChI is InChI=1S/C23H28FN3O4S/c1-14(2)11-21(23(29)25-18-6-5-15(3)20(24)13-18)26-32(30,31)19-7-8-22-17(12-19)9-10-27(22)16(4)28/h5-8,12-14,21,26H,9-11H2,1-4H3,(H,25,29). The molecule has 1 unspecified atom stereocenters. The maximum atomic E-state index is 13.8. The molecule has 9 heteroatoms. The van der Waals surface area contributed by atoms with Crippen molar-refractivity contribution in [3.8, 4) is 0 Å². The van der Waals surface area contributed by atoms with Crippen molar-refractivity contribution in [1.82, 2.24) is 4.72 Å². The molecule has 0 saturated heterocycles. The second-order valence-corrected chi connectivity index (χ2v) is 10.2. The molecule has 3 rings (SSSR count). The number of hydrogen-bond acceptors (Lipinski definition) is 4. The van der Waals surface area contributed by atoms with Crippen LogP contribution >= 0.6 is 0 Å². The fourth-order valence-electron chi connectivity index (χ4n) is 3.71. The lowest BCUT2D eigenvalue weighted by atomic mass is 10.0. The number of sulfonamides is 1. The molecular formula is C23H28FN3O4S. The van der Waals surface area contributed by atoms with Crippen molar-refractivity contribution in [2.45, 2.75) is 51.5 Å². The van der Waals surface area contributed by atoms with Gasteiger partial charge in [-0.1, -0.05) is 19.9 Å². The quantitative estimate of drug-likeness (QED) is 0.661. The minimum absolute atomic E-state index is 0.0320. The van der Waals surface area contributed by atoms with Crippen LogP contribution in [-0.4, -0.2) is 32.8 Å². The average molecular weight is 462 g/mol. The first-order valence-electron chi connectivity index (χ1n) is 10.5. The molecule has 2 amide bonds. The molecule has 0 saturated carbocycles. The van der Waals surface area contributed by atoms with Gasteiger partial charge in [0.05, 0.1) is 4.90 Å². The molecule has 0 fully saturated rings. The Morgan fingerprint density at radius 3 is 2.50 bits per heavy atom. The van der Waals surface area contributed by atoms with Gasteiger partial charge in [-0.25, -0.2) is 12.8 Å². The Labute approximate surface area is 188 Å². The van der Waals surface area contributed by atoms with E-state index < -0.39 is 27.8 Å². The van der Waals surface area contributed by atoms with Crippen LogP contribution in [0.25, 0.3) is 0 Å². The van der Waals surface area contributed by atoms with Crippen LogP contribution in [0.4, 0.5) is 15.8 Å². The van der Waals surface area contributed by atoms with Crippen molar-refractivity contribution in [2.24, 2.45) is 5.92 Å². The van der Waals surface area contributed by atoms with Crippen LogP contribution in [0.2, 0.25) is 0 Å². The van der Waals surface area contributed by atoms with Crippen molar-refractivity contribution < 1.29 is 22.4 Å². The normalized spacial score (nSPS) is 14.4. The van der Waals surface area contributed by atoms with E-state index in [0.717, 1.165) is 5.56 Å². The Morgan fingerprint density at radius 2 is 1.88 bits per heavy atom. The number of carbonyl (C=O) groups is 2. The number of nitrogens with zero attached hydrogens (tertiary/aromatic N) is 1. The van der Waals surface area contributed by atoms with Crippen LogP contribution in [0.15, 0.2) is 41.3 Å². The highest BCUT2D eigenvalue weighted by molar-refractivity contribution is 7.89. The van der Waals surface area contributed by atoms with Gasteiger partial charge in [-0.2, -0.15) is 4.72 Å². The summed E-state index contributed by atoms with van der Waals surface area (Å²) in [6.45, 7) is 7.35. The van der Waals surface area contributed by atoms with Gasteiger partial charge in [0.25, 0.3) is 0 Å². The number of nitrogens with one attached hydrogen (secondary N) is 2. The average Bonchev–Trinajstić information content (AvgIpc) is 3.13. The lowest BCUT2D eigenvalue weighted by molar-refractivity contribution is -0.118. The molecule has 2 N–H and O–H groups in total. The van der Waals surface area contributed by atoms with Crippen molar-refractivity contribution >= 4 is 33.2 Å². The molecule has 7 nitrogen and oxygen atoms in total. The van der Waals surface area contributed by atoms with Gasteiger partial charge in [-0.15, -0.1) is 0 Å². The van der Waals surface area contributed by atoms with Crippen LogP contribution < -0.4 is 14.9 Å². The summed E-state index contributed by atoms with van der Waals surface area (Å²) >= 11 is 0. The van der Waals surface area contributed by atoms with E-state index in [9.17, 15) is 22.4 Å². The SMILES string of the molecule is CC(=O)N1CCc2cc(S(=O)(=O)NC(CC(C)C)C(=O)Nc3ccc(C)c(F)c3)ccc21. The van der Waals surface area contributed by atoms with Gasteiger partial charge in [-0.3, -0.25) is 9.59 Å². The summed E-state index contributed by atoms with van der Waals surface area (Å²) in [6.07, 6.45) is 0.829. The Balaban J connectivity index is 1.82. The highest BCUT2D eigenvalue weighted by Crippen LogP contribution is 2.30. The van der Waals surface area contributed by atoms with E-state index in [1.165, 1.54) is 19.1 Å². The number of amides is 2. The zero-order valence-electron chi connectivity index (χ0n) is 18.6. The number of rotatable bonds is 7. The number of carbonyl (C=O) groups excluding carboxylic acids is 2. The van der Waals surface area contributed by atoms with Gasteiger partial charge in [-0.05, 0) is 67.1 Å². The summed E-state index contributed by atoms with van der Waals surface area (Å²) in [5.41, 5.74) is 2.17. The van der Waals surface area contributed by atoms with E-state index in [1.54, 1.807) is 36.1 Å². The highest BCUT2D eigenvalue weighted by atomic mass is 32.2. The second-order valence-electron chi connectivity index (χ2n) is 8.47. The Bertz CT molecular complexity index is 1150. The third kappa shape index (κ3) is 5.34. The van der Waals surface area contributed by atoms with Gasteiger partial charge in [0.15, 0.2) is 0 Å². The van der Waals surface area contributed by atoms with Gasteiger partial charge >= 0.3 is 0 Å². The van der Waals surface area contributed by atoms with E-state index in [4.69, 9.17) is 0 Å². The number of aryl methyl sites for hydroxylation is 1. The van der Waals surface area contributed by atoms with E-state index in [0.29, 0.717) is 24.2 Å². The summed E-state index contributed by atoms with van der Waals surface area (Å²) < 4.78 is 42.5. The third-order valence-corrected chi connectivity index (χ3v) is 6.87. The van der Waals surface area contributed by atoms with Gasteiger partial charge in [0.1, 0.15) is 11.9 Å². The number of benzene rings is 2. The van der Waals surface area contributed by atoms with Gasteiger partial charge < -0.3 is 10.2 Å². The number of fused-ring (bicyclic) bond motifs is 1. The third-order valence-electron chi connectivity index (χ3n) is 5.40. The van der Waals surface area contributed by atoms with Crippen molar-refractivity contribution in [3.63, 3.8) is 0 Å². The molecule has 2 aromatic carbocycles. The summed E-state index contributed by atoms with van der Waals surface area (Å²) in [6, 6.07) is 7.87. The molecule has 1 aliphatic heterocycles. The summed E-state index contributed by atoms with van der Waals surface area (Å²) in [4.78, 5) is 26.2. The molecule has 1 atom stereocenters. The Hall–Kier alpha value is -2.78. The van der Waals surface area contributed by atoms with Crippen molar-refractivity contribution in [3.05, 3.63) is 53.3 Å². The van der Waals surface area contributed by atoms with E-state index in [2.05, 4.69) is 10.0 Å². The molecule has 0 spiro atoms. The highest BCUT2D eigenvalue weighted by Gasteiger charge is 2.29. The fraction of sp³-hybridized carbons (Fsp3) is 0.391. The zero-order chi connectivity index (χ0) is 23.6. The molecule has 0 radical (unpaired) electrons. The molecule has 0 aromatic heterocycles. The first kappa shape index (κ1) is 23.9. The fourth-order valence-corrected chi connectivity index (χ4v) is 4.97. The molecule has 0 bridgehead atoms.